The number of aromatic nitrogens is 2. The lowest BCUT2D eigenvalue weighted by Crippen LogP contribution is -2.47. The Balaban J connectivity index is 2.14. The molecule has 0 unspecified atom stereocenters. The van der Waals surface area contributed by atoms with Crippen molar-refractivity contribution in [3.63, 3.8) is 0 Å². The molecule has 0 saturated heterocycles. The van der Waals surface area contributed by atoms with Crippen molar-refractivity contribution in [1.82, 2.24) is 14.9 Å². The van der Waals surface area contributed by atoms with Gasteiger partial charge in [-0.2, -0.15) is 0 Å². The van der Waals surface area contributed by atoms with Crippen molar-refractivity contribution in [1.29, 1.82) is 0 Å². The van der Waals surface area contributed by atoms with Crippen LogP contribution in [-0.4, -0.2) is 39.4 Å². The number of carbonyl (C=O) groups is 1. The number of likely N-dealkylation sites (N-methyl/N-ethyl adjacent to an activating group) is 1. The van der Waals surface area contributed by atoms with Gasteiger partial charge in [0.05, 0.1) is 11.9 Å². The smallest absolute Gasteiger partial charge is 0.242 e. The molecule has 0 aromatic carbocycles. The topological polar surface area (TPSA) is 58.1 Å². The van der Waals surface area contributed by atoms with Gasteiger partial charge in [-0.1, -0.05) is 6.92 Å². The van der Waals surface area contributed by atoms with Crippen LogP contribution in [0.15, 0.2) is 12.4 Å². The van der Waals surface area contributed by atoms with Crippen molar-refractivity contribution in [3.8, 4) is 0 Å². The quantitative estimate of drug-likeness (QED) is 0.918. The van der Waals surface area contributed by atoms with Crippen molar-refractivity contribution >= 4 is 33.3 Å². The lowest BCUT2D eigenvalue weighted by molar-refractivity contribution is -0.133. The van der Waals surface area contributed by atoms with Crippen LogP contribution in [0.4, 0.5) is 5.82 Å². The molecule has 0 aliphatic rings. The van der Waals surface area contributed by atoms with Crippen LogP contribution in [-0.2, 0) is 11.2 Å². The summed E-state index contributed by atoms with van der Waals surface area (Å²) in [6, 6.07) is 2.11. The molecule has 120 valence electrons. The first-order valence-corrected chi connectivity index (χ1v) is 8.46. The number of hydrogen-bond acceptors (Lipinski definition) is 5. The van der Waals surface area contributed by atoms with Crippen molar-refractivity contribution in [2.24, 2.45) is 0 Å². The van der Waals surface area contributed by atoms with Gasteiger partial charge in [0, 0.05) is 17.0 Å². The van der Waals surface area contributed by atoms with Crippen LogP contribution >= 0.6 is 11.3 Å². The van der Waals surface area contributed by atoms with E-state index in [2.05, 4.69) is 28.3 Å². The van der Waals surface area contributed by atoms with E-state index in [0.29, 0.717) is 6.54 Å². The van der Waals surface area contributed by atoms with Gasteiger partial charge in [-0.3, -0.25) is 4.79 Å². The summed E-state index contributed by atoms with van der Waals surface area (Å²) in [6.07, 6.45) is 2.53. The first-order valence-electron chi connectivity index (χ1n) is 7.64. The van der Waals surface area contributed by atoms with Crippen molar-refractivity contribution in [2.45, 2.75) is 46.6 Å². The number of amides is 1. The van der Waals surface area contributed by atoms with Gasteiger partial charge >= 0.3 is 0 Å². The summed E-state index contributed by atoms with van der Waals surface area (Å²) in [5.41, 5.74) is -0.174. The van der Waals surface area contributed by atoms with E-state index in [1.807, 2.05) is 32.6 Å². The van der Waals surface area contributed by atoms with Crippen molar-refractivity contribution in [2.75, 3.05) is 18.4 Å². The molecule has 1 amide bonds. The molecule has 2 aromatic heterocycles. The van der Waals surface area contributed by atoms with E-state index in [1.54, 1.807) is 17.7 Å². The standard InChI is InChI=1S/C16H24N4OS/c1-6-11-8-12-14(18-10-19-15(12)22-11)17-9-13(21)20(7-2)16(3,4)5/h8,10H,6-7,9H2,1-5H3,(H,17,18,19). The number of aryl methyl sites for hydroxylation is 1. The summed E-state index contributed by atoms with van der Waals surface area (Å²) >= 11 is 1.67. The number of rotatable bonds is 5. The lowest BCUT2D eigenvalue weighted by Gasteiger charge is -2.35. The maximum absolute atomic E-state index is 12.4. The highest BCUT2D eigenvalue weighted by Gasteiger charge is 2.24. The zero-order chi connectivity index (χ0) is 16.3. The van der Waals surface area contributed by atoms with Gasteiger partial charge in [0.25, 0.3) is 0 Å². The summed E-state index contributed by atoms with van der Waals surface area (Å²) in [4.78, 5) is 25.1. The Hall–Kier alpha value is -1.69. The van der Waals surface area contributed by atoms with Crippen LogP contribution in [0.5, 0.6) is 0 Å². The van der Waals surface area contributed by atoms with Gasteiger partial charge < -0.3 is 10.2 Å². The summed E-state index contributed by atoms with van der Waals surface area (Å²) in [7, 11) is 0. The second kappa shape index (κ2) is 6.60. The van der Waals surface area contributed by atoms with E-state index in [0.717, 1.165) is 22.5 Å². The number of nitrogens with one attached hydrogen (secondary N) is 1. The van der Waals surface area contributed by atoms with Crippen LogP contribution in [0.25, 0.3) is 10.2 Å². The second-order valence-electron chi connectivity index (χ2n) is 6.17. The molecule has 0 aliphatic carbocycles. The fraction of sp³-hybridized carbons (Fsp3) is 0.562. The summed E-state index contributed by atoms with van der Waals surface area (Å²) < 4.78 is 0. The average Bonchev–Trinajstić information content (AvgIpc) is 2.87. The predicted octanol–water partition coefficient (Wildman–Crippen LogP) is 3.31. The Morgan fingerprint density at radius 1 is 1.32 bits per heavy atom. The number of thiophene rings is 1. The van der Waals surface area contributed by atoms with Crippen LogP contribution in [0, 0.1) is 0 Å². The Morgan fingerprint density at radius 2 is 2.05 bits per heavy atom. The molecule has 0 aliphatic heterocycles. The molecule has 0 bridgehead atoms. The van der Waals surface area contributed by atoms with Crippen molar-refractivity contribution in [3.05, 3.63) is 17.3 Å². The van der Waals surface area contributed by atoms with Gasteiger partial charge in [0.1, 0.15) is 17.0 Å². The fourth-order valence-electron chi connectivity index (χ4n) is 2.50. The Kier molecular flexibility index (Phi) is 5.01. The number of carbonyl (C=O) groups excluding carboxylic acids is 1. The van der Waals surface area contributed by atoms with Gasteiger partial charge in [-0.15, -0.1) is 11.3 Å². The van der Waals surface area contributed by atoms with Crippen LogP contribution < -0.4 is 5.32 Å². The fourth-order valence-corrected chi connectivity index (χ4v) is 3.43. The summed E-state index contributed by atoms with van der Waals surface area (Å²) in [5.74, 6) is 0.812. The monoisotopic (exact) mass is 320 g/mol. The maximum Gasteiger partial charge on any atom is 0.242 e. The van der Waals surface area contributed by atoms with E-state index < -0.39 is 0 Å². The molecule has 2 heterocycles. The van der Waals surface area contributed by atoms with E-state index in [1.165, 1.54) is 4.88 Å². The van der Waals surface area contributed by atoms with Gasteiger partial charge in [0.15, 0.2) is 0 Å². The third-order valence-corrected chi connectivity index (χ3v) is 4.75. The van der Waals surface area contributed by atoms with E-state index >= 15 is 0 Å². The number of anilines is 1. The average molecular weight is 320 g/mol. The molecule has 2 aromatic rings. The SMILES string of the molecule is CCc1cc2c(NCC(=O)N(CC)C(C)(C)C)ncnc2s1. The minimum atomic E-state index is -0.174. The summed E-state index contributed by atoms with van der Waals surface area (Å²) in [6.45, 7) is 11.2. The highest BCUT2D eigenvalue weighted by molar-refractivity contribution is 7.18. The predicted molar refractivity (Wildman–Crippen MR) is 92.4 cm³/mol. The van der Waals surface area contributed by atoms with E-state index in [-0.39, 0.29) is 18.0 Å². The first kappa shape index (κ1) is 16.7. The first-order chi connectivity index (χ1) is 10.4. The molecule has 0 radical (unpaired) electrons. The van der Waals surface area contributed by atoms with Crippen LogP contribution in [0.1, 0.15) is 39.5 Å². The van der Waals surface area contributed by atoms with Crippen molar-refractivity contribution < 1.29 is 4.79 Å². The molecule has 22 heavy (non-hydrogen) atoms. The third-order valence-electron chi connectivity index (χ3n) is 3.56. The largest absolute Gasteiger partial charge is 0.360 e. The second-order valence-corrected chi connectivity index (χ2v) is 7.28. The molecule has 2 rings (SSSR count). The third kappa shape index (κ3) is 3.55. The van der Waals surface area contributed by atoms with Crippen LogP contribution in [0.3, 0.4) is 0 Å². The number of nitrogens with zero attached hydrogens (tertiary/aromatic N) is 3. The zero-order valence-corrected chi connectivity index (χ0v) is 14.8. The number of hydrogen-bond donors (Lipinski definition) is 1. The van der Waals surface area contributed by atoms with Gasteiger partial charge in [-0.05, 0) is 40.2 Å². The van der Waals surface area contributed by atoms with Gasteiger partial charge in [-0.25, -0.2) is 9.97 Å². The summed E-state index contributed by atoms with van der Waals surface area (Å²) in [5, 5.41) is 4.17. The molecular weight excluding hydrogens is 296 g/mol. The molecular formula is C16H24N4OS. The molecule has 1 N–H and O–H groups in total. The Bertz CT molecular complexity index is 660. The highest BCUT2D eigenvalue weighted by atomic mass is 32.1. The lowest BCUT2D eigenvalue weighted by atomic mass is 10.1. The number of fused-ring (bicyclic) bond motifs is 1. The normalized spacial score (nSPS) is 11.7. The highest BCUT2D eigenvalue weighted by Crippen LogP contribution is 2.28. The molecule has 0 fully saturated rings. The molecule has 0 atom stereocenters. The Labute approximate surface area is 135 Å². The molecule has 0 saturated carbocycles. The van der Waals surface area contributed by atoms with E-state index in [4.69, 9.17) is 0 Å². The van der Waals surface area contributed by atoms with Crippen LogP contribution in [0.2, 0.25) is 0 Å². The molecule has 6 heteroatoms. The van der Waals surface area contributed by atoms with E-state index in [9.17, 15) is 4.79 Å². The Morgan fingerprint density at radius 3 is 2.64 bits per heavy atom. The minimum absolute atomic E-state index is 0.0766. The molecule has 0 spiro atoms. The van der Waals surface area contributed by atoms with Gasteiger partial charge in [0.2, 0.25) is 5.91 Å². The maximum atomic E-state index is 12.4. The zero-order valence-electron chi connectivity index (χ0n) is 13.9. The molecule has 5 nitrogen and oxygen atoms in total. The minimum Gasteiger partial charge on any atom is -0.360 e.